The highest BCUT2D eigenvalue weighted by atomic mass is 79.9. The Kier molecular flexibility index (Phi) is 5.96. The number of benzene rings is 3. The van der Waals surface area contributed by atoms with Crippen LogP contribution in [0.1, 0.15) is 34.7 Å². The van der Waals surface area contributed by atoms with Gasteiger partial charge in [0.05, 0.1) is 22.2 Å². The molecule has 1 unspecified atom stereocenters. The van der Waals surface area contributed by atoms with E-state index in [1.54, 1.807) is 24.3 Å². The van der Waals surface area contributed by atoms with Gasteiger partial charge in [0.15, 0.2) is 0 Å². The molecule has 0 amide bonds. The first-order valence-electron chi connectivity index (χ1n) is 10.7. The normalized spacial score (nSPS) is 16.2. The highest BCUT2D eigenvalue weighted by molar-refractivity contribution is 9.10. The lowest BCUT2D eigenvalue weighted by molar-refractivity contribution is 0.371. The van der Waals surface area contributed by atoms with E-state index >= 15 is 0 Å². The molecule has 1 aliphatic heterocycles. The summed E-state index contributed by atoms with van der Waals surface area (Å²) >= 11 is 10.1. The van der Waals surface area contributed by atoms with Gasteiger partial charge in [-0.2, -0.15) is 17.9 Å². The van der Waals surface area contributed by atoms with E-state index < -0.39 is 16.1 Å². The lowest BCUT2D eigenvalue weighted by atomic mass is 9.99. The summed E-state index contributed by atoms with van der Waals surface area (Å²) in [7, 11) is -3.93. The fourth-order valence-corrected chi connectivity index (χ4v) is 6.04. The maximum atomic E-state index is 13.7. The topological polar surface area (TPSA) is 62.6 Å². The van der Waals surface area contributed by atoms with E-state index in [1.807, 2.05) is 62.4 Å². The minimum Gasteiger partial charge on any atom is -0.236 e. The summed E-state index contributed by atoms with van der Waals surface area (Å²) in [6.07, 6.45) is 0.380. The zero-order valence-electron chi connectivity index (χ0n) is 18.5. The second-order valence-corrected chi connectivity index (χ2v) is 11.5. The van der Waals surface area contributed by atoms with Gasteiger partial charge in [-0.25, -0.2) is 4.98 Å². The van der Waals surface area contributed by atoms with Crippen molar-refractivity contribution in [3.8, 4) is 0 Å². The lowest BCUT2D eigenvalue weighted by Gasteiger charge is -2.24. The summed E-state index contributed by atoms with van der Waals surface area (Å²) in [4.78, 5) is 4.76. The number of rotatable bonds is 4. The average Bonchev–Trinajstić information content (AvgIpc) is 3.25. The zero-order chi connectivity index (χ0) is 24.0. The molecule has 0 bridgehead atoms. The number of hydrogen-bond acceptors (Lipinski definition) is 4. The van der Waals surface area contributed by atoms with Crippen LogP contribution in [-0.4, -0.2) is 23.5 Å². The summed E-state index contributed by atoms with van der Waals surface area (Å²) in [5.74, 6) is 0. The molecule has 0 saturated heterocycles. The summed E-state index contributed by atoms with van der Waals surface area (Å²) in [5, 5.41) is 5.79. The number of halogens is 2. The maximum Gasteiger partial charge on any atom is 0.279 e. The molecule has 0 saturated carbocycles. The van der Waals surface area contributed by atoms with Crippen molar-refractivity contribution in [3.05, 3.63) is 105 Å². The first kappa shape index (κ1) is 23.0. The van der Waals surface area contributed by atoms with Crippen molar-refractivity contribution in [1.82, 2.24) is 9.40 Å². The number of aryl methyl sites for hydroxylation is 2. The highest BCUT2D eigenvalue weighted by Gasteiger charge is 2.39. The first-order valence-corrected chi connectivity index (χ1v) is 13.3. The second-order valence-electron chi connectivity index (χ2n) is 8.43. The molecule has 34 heavy (non-hydrogen) atoms. The van der Waals surface area contributed by atoms with Gasteiger partial charge in [0.1, 0.15) is 5.15 Å². The van der Waals surface area contributed by atoms with Gasteiger partial charge in [0.2, 0.25) is 0 Å². The van der Waals surface area contributed by atoms with Gasteiger partial charge in [-0.15, -0.1) is 0 Å². The van der Waals surface area contributed by atoms with Crippen molar-refractivity contribution in [2.45, 2.75) is 31.2 Å². The predicted octanol–water partition coefficient (Wildman–Crippen LogP) is 6.81. The molecule has 4 aromatic rings. The summed E-state index contributed by atoms with van der Waals surface area (Å²) in [5.41, 5.74) is 4.99. The van der Waals surface area contributed by atoms with E-state index in [9.17, 15) is 8.42 Å². The molecule has 172 valence electrons. The van der Waals surface area contributed by atoms with Gasteiger partial charge >= 0.3 is 0 Å². The Bertz CT molecular complexity index is 1540. The minimum absolute atomic E-state index is 0.185. The van der Waals surface area contributed by atoms with E-state index in [-0.39, 0.29) is 10.0 Å². The smallest absolute Gasteiger partial charge is 0.236 e. The van der Waals surface area contributed by atoms with E-state index in [4.69, 9.17) is 11.6 Å². The molecular formula is C26H21BrClN3O2S. The Morgan fingerprint density at radius 2 is 1.62 bits per heavy atom. The van der Waals surface area contributed by atoms with Crippen LogP contribution in [0.15, 0.2) is 87.3 Å². The highest BCUT2D eigenvalue weighted by Crippen LogP contribution is 2.40. The van der Waals surface area contributed by atoms with Gasteiger partial charge in [-0.1, -0.05) is 69.5 Å². The van der Waals surface area contributed by atoms with E-state index in [2.05, 4.69) is 26.0 Å². The van der Waals surface area contributed by atoms with Crippen LogP contribution in [0.3, 0.4) is 0 Å². The largest absolute Gasteiger partial charge is 0.279 e. The van der Waals surface area contributed by atoms with Crippen molar-refractivity contribution in [2.75, 3.05) is 0 Å². The first-order chi connectivity index (χ1) is 16.2. The number of sulfonamides is 1. The molecule has 1 aliphatic rings. The summed E-state index contributed by atoms with van der Waals surface area (Å²) in [6.45, 7) is 3.91. The van der Waals surface area contributed by atoms with Crippen LogP contribution >= 0.6 is 27.5 Å². The van der Waals surface area contributed by atoms with E-state index in [0.717, 1.165) is 32.1 Å². The number of hydrazone groups is 1. The van der Waals surface area contributed by atoms with Crippen molar-refractivity contribution in [2.24, 2.45) is 5.10 Å². The van der Waals surface area contributed by atoms with Gasteiger partial charge < -0.3 is 0 Å². The van der Waals surface area contributed by atoms with Gasteiger partial charge in [0.25, 0.3) is 10.0 Å². The summed E-state index contributed by atoms with van der Waals surface area (Å²) in [6, 6.07) is 21.7. The molecule has 0 radical (unpaired) electrons. The molecule has 8 heteroatoms. The van der Waals surface area contributed by atoms with Gasteiger partial charge in [-0.05, 0) is 61.4 Å². The Balaban J connectivity index is 1.65. The van der Waals surface area contributed by atoms with Crippen LogP contribution in [-0.2, 0) is 10.0 Å². The molecule has 0 fully saturated rings. The SMILES string of the molecule is Cc1ccc(S(=O)(=O)N2N=C(c3ccc(Br)cc3)CC2c2cc3ccc(C)cc3nc2Cl)cc1. The molecule has 0 N–H and O–H groups in total. The Morgan fingerprint density at radius 1 is 0.941 bits per heavy atom. The second kappa shape index (κ2) is 8.80. The fraction of sp³-hybridized carbons (Fsp3) is 0.154. The quantitative estimate of drug-likeness (QED) is 0.260. The van der Waals surface area contributed by atoms with Crippen molar-refractivity contribution >= 4 is 54.2 Å². The number of nitrogens with zero attached hydrogens (tertiary/aromatic N) is 3. The van der Waals surface area contributed by atoms with E-state index in [1.165, 1.54) is 4.41 Å². The Hall–Kier alpha value is -2.74. The van der Waals surface area contributed by atoms with Gasteiger partial charge in [-0.3, -0.25) is 0 Å². The van der Waals surface area contributed by atoms with Crippen molar-refractivity contribution in [3.63, 3.8) is 0 Å². The predicted molar refractivity (Wildman–Crippen MR) is 140 cm³/mol. The Labute approximate surface area is 212 Å². The number of aromatic nitrogens is 1. The molecule has 2 heterocycles. The van der Waals surface area contributed by atoms with Crippen LogP contribution in [0.5, 0.6) is 0 Å². The molecule has 1 aromatic heterocycles. The van der Waals surface area contributed by atoms with Crippen molar-refractivity contribution in [1.29, 1.82) is 0 Å². The minimum atomic E-state index is -3.93. The van der Waals surface area contributed by atoms with Crippen LogP contribution in [0.25, 0.3) is 10.9 Å². The molecule has 3 aromatic carbocycles. The number of pyridine rings is 1. The molecule has 0 aliphatic carbocycles. The molecule has 0 spiro atoms. The number of hydrogen-bond donors (Lipinski definition) is 0. The monoisotopic (exact) mass is 553 g/mol. The zero-order valence-corrected chi connectivity index (χ0v) is 21.7. The third-order valence-corrected chi connectivity index (χ3v) is 8.46. The molecule has 5 nitrogen and oxygen atoms in total. The maximum absolute atomic E-state index is 13.7. The fourth-order valence-electron chi connectivity index (χ4n) is 4.08. The van der Waals surface area contributed by atoms with E-state index in [0.29, 0.717) is 17.7 Å². The standard InChI is InChI=1S/C26H21BrClN3O2S/c1-16-4-11-21(12-5-16)34(32,33)31-25(15-24(30-31)18-7-9-20(27)10-8-18)22-14-19-6-3-17(2)13-23(19)29-26(22)28/h3-14,25H,15H2,1-2H3. The molecular weight excluding hydrogens is 534 g/mol. The van der Waals surface area contributed by atoms with Crippen LogP contribution in [0, 0.1) is 13.8 Å². The lowest BCUT2D eigenvalue weighted by Crippen LogP contribution is -2.27. The van der Waals surface area contributed by atoms with Crippen LogP contribution in [0.2, 0.25) is 5.15 Å². The van der Waals surface area contributed by atoms with Crippen LogP contribution in [0.4, 0.5) is 0 Å². The Morgan fingerprint density at radius 3 is 2.32 bits per heavy atom. The molecule has 5 rings (SSSR count). The number of fused-ring (bicyclic) bond motifs is 1. The van der Waals surface area contributed by atoms with Gasteiger partial charge in [0, 0.05) is 21.8 Å². The molecule has 1 atom stereocenters. The average molecular weight is 555 g/mol. The third kappa shape index (κ3) is 4.24. The summed E-state index contributed by atoms with van der Waals surface area (Å²) < 4.78 is 29.6. The third-order valence-electron chi connectivity index (χ3n) is 5.93. The van der Waals surface area contributed by atoms with Crippen molar-refractivity contribution < 1.29 is 8.42 Å². The van der Waals surface area contributed by atoms with Crippen LogP contribution < -0.4 is 0 Å².